The molecule has 19 heavy (non-hydrogen) atoms. The summed E-state index contributed by atoms with van der Waals surface area (Å²) in [5, 5.41) is 9.07. The largest absolute Gasteiger partial charge is 0.395 e. The predicted octanol–water partition coefficient (Wildman–Crippen LogP) is 2.36. The van der Waals surface area contributed by atoms with Crippen LogP contribution >= 0.6 is 0 Å². The van der Waals surface area contributed by atoms with E-state index >= 15 is 0 Å². The van der Waals surface area contributed by atoms with Gasteiger partial charge in [0.2, 0.25) is 0 Å². The smallest absolute Gasteiger partial charge is 0.0599 e. The number of anilines is 1. The summed E-state index contributed by atoms with van der Waals surface area (Å²) < 4.78 is 0. The van der Waals surface area contributed by atoms with E-state index in [9.17, 15) is 0 Å². The molecule has 0 spiro atoms. The summed E-state index contributed by atoms with van der Waals surface area (Å²) in [4.78, 5) is 2.14. The lowest BCUT2D eigenvalue weighted by molar-refractivity contribution is 0.267. The number of nitrogens with two attached hydrogens (primary N) is 1. The van der Waals surface area contributed by atoms with E-state index in [4.69, 9.17) is 10.8 Å². The highest BCUT2D eigenvalue weighted by Crippen LogP contribution is 2.31. The predicted molar refractivity (Wildman–Crippen MR) is 82.9 cm³/mol. The summed E-state index contributed by atoms with van der Waals surface area (Å²) in [7, 11) is 2.03. The molecule has 0 radical (unpaired) electrons. The van der Waals surface area contributed by atoms with Gasteiger partial charge in [-0.25, -0.2) is 0 Å². The summed E-state index contributed by atoms with van der Waals surface area (Å²) in [6, 6.07) is 4.30. The molecule has 1 rings (SSSR count). The van der Waals surface area contributed by atoms with Gasteiger partial charge in [0.15, 0.2) is 0 Å². The molecular weight excluding hydrogens is 236 g/mol. The number of likely N-dealkylation sites (N-methyl/N-ethyl adjacent to an activating group) is 1. The number of aryl methyl sites for hydroxylation is 2. The molecule has 0 saturated carbocycles. The number of hydrogen-bond acceptors (Lipinski definition) is 3. The van der Waals surface area contributed by atoms with Gasteiger partial charge in [-0.15, -0.1) is 0 Å². The van der Waals surface area contributed by atoms with Gasteiger partial charge in [-0.2, -0.15) is 0 Å². The lowest BCUT2D eigenvalue weighted by Gasteiger charge is -2.28. The van der Waals surface area contributed by atoms with Gasteiger partial charge in [0.1, 0.15) is 0 Å². The van der Waals surface area contributed by atoms with Crippen molar-refractivity contribution < 1.29 is 5.11 Å². The minimum absolute atomic E-state index is 0.0164. The van der Waals surface area contributed by atoms with Crippen molar-refractivity contribution in [2.24, 2.45) is 5.73 Å². The quantitative estimate of drug-likeness (QED) is 0.877. The van der Waals surface area contributed by atoms with E-state index < -0.39 is 0 Å². The number of nitrogens with zero attached hydrogens (tertiary/aromatic N) is 1. The van der Waals surface area contributed by atoms with Crippen LogP contribution in [-0.2, 0) is 5.41 Å². The molecule has 1 atom stereocenters. The fourth-order valence-corrected chi connectivity index (χ4v) is 2.49. The number of aliphatic hydroxyl groups excluding tert-OH is 1. The van der Waals surface area contributed by atoms with Crippen LogP contribution in [0, 0.1) is 13.8 Å². The fourth-order valence-electron chi connectivity index (χ4n) is 2.49. The van der Waals surface area contributed by atoms with Crippen LogP contribution in [0.25, 0.3) is 0 Å². The van der Waals surface area contributed by atoms with Gasteiger partial charge in [0.25, 0.3) is 0 Å². The van der Waals surface area contributed by atoms with E-state index in [1.54, 1.807) is 0 Å². The summed E-state index contributed by atoms with van der Waals surface area (Å²) in [5.74, 6) is 0. The number of hydrogen-bond donors (Lipinski definition) is 2. The third-order valence-corrected chi connectivity index (χ3v) is 3.48. The van der Waals surface area contributed by atoms with Crippen LogP contribution < -0.4 is 10.6 Å². The molecule has 0 fully saturated rings. The van der Waals surface area contributed by atoms with Crippen molar-refractivity contribution in [3.8, 4) is 0 Å². The molecule has 108 valence electrons. The maximum atomic E-state index is 9.07. The Labute approximate surface area is 117 Å². The molecule has 0 aliphatic heterocycles. The van der Waals surface area contributed by atoms with Crippen molar-refractivity contribution >= 4 is 5.69 Å². The average Bonchev–Trinajstić information content (AvgIpc) is 2.26. The molecule has 0 saturated heterocycles. The van der Waals surface area contributed by atoms with Crippen LogP contribution in [0.5, 0.6) is 0 Å². The highest BCUT2D eigenvalue weighted by Gasteiger charge is 2.18. The maximum absolute atomic E-state index is 9.07. The lowest BCUT2D eigenvalue weighted by atomic mass is 9.84. The van der Waals surface area contributed by atoms with Crippen molar-refractivity contribution in [1.29, 1.82) is 0 Å². The van der Waals surface area contributed by atoms with Crippen LogP contribution in [0.4, 0.5) is 5.69 Å². The monoisotopic (exact) mass is 264 g/mol. The Morgan fingerprint density at radius 2 is 1.68 bits per heavy atom. The van der Waals surface area contributed by atoms with E-state index in [0.29, 0.717) is 6.54 Å². The Kier molecular flexibility index (Phi) is 4.99. The van der Waals surface area contributed by atoms with Crippen molar-refractivity contribution in [1.82, 2.24) is 0 Å². The Balaban J connectivity index is 3.10. The maximum Gasteiger partial charge on any atom is 0.0599 e. The molecule has 0 amide bonds. The molecule has 0 aromatic heterocycles. The van der Waals surface area contributed by atoms with Crippen LogP contribution in [0.3, 0.4) is 0 Å². The summed E-state index contributed by atoms with van der Waals surface area (Å²) in [6.45, 7) is 11.6. The van der Waals surface area contributed by atoms with E-state index in [-0.39, 0.29) is 18.1 Å². The Hall–Kier alpha value is -1.06. The molecule has 3 N–H and O–H groups in total. The third-order valence-electron chi connectivity index (χ3n) is 3.48. The molecule has 0 aliphatic carbocycles. The van der Waals surface area contributed by atoms with Crippen molar-refractivity contribution in [2.75, 3.05) is 25.1 Å². The summed E-state index contributed by atoms with van der Waals surface area (Å²) in [6.07, 6.45) is 0. The lowest BCUT2D eigenvalue weighted by Crippen LogP contribution is -2.38. The van der Waals surface area contributed by atoms with Gasteiger partial charge in [-0.3, -0.25) is 0 Å². The SMILES string of the molecule is Cc1cc(C(C)(C)C)cc(C)c1N(C)CC(N)CO. The summed E-state index contributed by atoms with van der Waals surface area (Å²) >= 11 is 0. The molecule has 3 nitrogen and oxygen atoms in total. The molecule has 1 aromatic carbocycles. The van der Waals surface area contributed by atoms with E-state index in [2.05, 4.69) is 51.7 Å². The van der Waals surface area contributed by atoms with Crippen molar-refractivity contribution in [3.63, 3.8) is 0 Å². The Bertz CT molecular complexity index is 412. The Morgan fingerprint density at radius 1 is 1.21 bits per heavy atom. The van der Waals surface area contributed by atoms with Crippen molar-refractivity contribution in [3.05, 3.63) is 28.8 Å². The van der Waals surface area contributed by atoms with Crippen molar-refractivity contribution in [2.45, 2.75) is 46.1 Å². The normalized spacial score (nSPS) is 13.5. The fraction of sp³-hybridized carbons (Fsp3) is 0.625. The molecule has 0 aliphatic rings. The van der Waals surface area contributed by atoms with Crippen LogP contribution in [0.15, 0.2) is 12.1 Å². The van der Waals surface area contributed by atoms with Crippen LogP contribution in [-0.4, -0.2) is 31.3 Å². The van der Waals surface area contributed by atoms with Crippen LogP contribution in [0.1, 0.15) is 37.5 Å². The molecule has 0 bridgehead atoms. The van der Waals surface area contributed by atoms with Gasteiger partial charge in [-0.1, -0.05) is 32.9 Å². The zero-order valence-corrected chi connectivity index (χ0v) is 13.1. The highest BCUT2D eigenvalue weighted by molar-refractivity contribution is 5.60. The standard InChI is InChI=1S/C16H28N2O/c1-11-7-13(16(3,4)5)8-12(2)15(11)18(6)9-14(17)10-19/h7-8,14,19H,9-10,17H2,1-6H3. The first-order chi connectivity index (χ1) is 8.66. The molecule has 1 aromatic rings. The molecule has 0 heterocycles. The van der Waals surface area contributed by atoms with E-state index in [0.717, 1.165) is 0 Å². The van der Waals surface area contributed by atoms with E-state index in [1.165, 1.54) is 22.4 Å². The zero-order chi connectivity index (χ0) is 14.8. The van der Waals surface area contributed by atoms with Gasteiger partial charge in [-0.05, 0) is 36.0 Å². The number of rotatable bonds is 4. The number of benzene rings is 1. The Morgan fingerprint density at radius 3 is 2.05 bits per heavy atom. The minimum atomic E-state index is -0.203. The summed E-state index contributed by atoms with van der Waals surface area (Å²) in [5.41, 5.74) is 11.1. The first-order valence-corrected chi connectivity index (χ1v) is 6.86. The molecular formula is C16H28N2O. The van der Waals surface area contributed by atoms with Gasteiger partial charge in [0, 0.05) is 25.3 Å². The van der Waals surface area contributed by atoms with Gasteiger partial charge in [0.05, 0.1) is 6.61 Å². The van der Waals surface area contributed by atoms with E-state index in [1.807, 2.05) is 7.05 Å². The highest BCUT2D eigenvalue weighted by atomic mass is 16.3. The minimum Gasteiger partial charge on any atom is -0.395 e. The first kappa shape index (κ1) is 16.0. The molecule has 1 unspecified atom stereocenters. The topological polar surface area (TPSA) is 49.5 Å². The second-order valence-corrected chi connectivity index (χ2v) is 6.53. The average molecular weight is 264 g/mol. The zero-order valence-electron chi connectivity index (χ0n) is 13.1. The second kappa shape index (κ2) is 5.93. The first-order valence-electron chi connectivity index (χ1n) is 6.86. The van der Waals surface area contributed by atoms with Gasteiger partial charge >= 0.3 is 0 Å². The number of aliphatic hydroxyl groups is 1. The molecule has 3 heteroatoms. The van der Waals surface area contributed by atoms with Gasteiger partial charge < -0.3 is 15.7 Å². The third kappa shape index (κ3) is 3.95. The second-order valence-electron chi connectivity index (χ2n) is 6.53. The van der Waals surface area contributed by atoms with Crippen LogP contribution in [0.2, 0.25) is 0 Å².